The minimum absolute atomic E-state index is 0.0880. The highest BCUT2D eigenvalue weighted by molar-refractivity contribution is 6.11. The lowest BCUT2D eigenvalue weighted by atomic mass is 9.96. The van der Waals surface area contributed by atoms with Gasteiger partial charge < -0.3 is 4.74 Å². The zero-order chi connectivity index (χ0) is 13.2. The van der Waals surface area contributed by atoms with Gasteiger partial charge in [0.25, 0.3) is 0 Å². The number of ketones is 1. The second-order valence-corrected chi connectivity index (χ2v) is 4.55. The maximum atomic E-state index is 13.7. The number of rotatable bonds is 2. The van der Waals surface area contributed by atoms with Gasteiger partial charge in [-0.05, 0) is 36.6 Å². The molecule has 1 aliphatic heterocycles. The van der Waals surface area contributed by atoms with Crippen LogP contribution in [0.1, 0.15) is 27.9 Å². The number of carbonyl (C=O) groups excluding carboxylic acids is 1. The molecule has 0 unspecified atom stereocenters. The summed E-state index contributed by atoms with van der Waals surface area (Å²) in [5.74, 6) is -0.209. The molecule has 96 valence electrons. The smallest absolute Gasteiger partial charge is 0.199 e. The average molecular weight is 256 g/mol. The summed E-state index contributed by atoms with van der Waals surface area (Å²) in [5, 5.41) is 0. The van der Waals surface area contributed by atoms with Crippen molar-refractivity contribution in [3.63, 3.8) is 0 Å². The summed E-state index contributed by atoms with van der Waals surface area (Å²) < 4.78 is 19.3. The third-order valence-corrected chi connectivity index (χ3v) is 3.30. The molecule has 0 saturated carbocycles. The molecule has 0 radical (unpaired) electrons. The Morgan fingerprint density at radius 3 is 2.68 bits per heavy atom. The van der Waals surface area contributed by atoms with Gasteiger partial charge in [-0.25, -0.2) is 4.39 Å². The van der Waals surface area contributed by atoms with Crippen LogP contribution in [0.25, 0.3) is 0 Å². The van der Waals surface area contributed by atoms with E-state index in [-0.39, 0.29) is 11.3 Å². The van der Waals surface area contributed by atoms with Gasteiger partial charge >= 0.3 is 0 Å². The Morgan fingerprint density at radius 1 is 1.05 bits per heavy atom. The molecule has 0 aromatic heterocycles. The summed E-state index contributed by atoms with van der Waals surface area (Å²) in [5.41, 5.74) is 1.56. The molecule has 3 heteroatoms. The van der Waals surface area contributed by atoms with Gasteiger partial charge in [0, 0.05) is 0 Å². The fourth-order valence-corrected chi connectivity index (χ4v) is 2.36. The van der Waals surface area contributed by atoms with Crippen molar-refractivity contribution in [2.45, 2.75) is 12.8 Å². The second-order valence-electron chi connectivity index (χ2n) is 4.55. The quantitative estimate of drug-likeness (QED) is 0.770. The standard InChI is InChI=1S/C16H13FO2/c17-14-9-2-1-7-12(14)15(18)13-8-3-5-11-6-4-10-19-16(11)13/h1-3,5,7-9H,4,6,10H2. The fourth-order valence-electron chi connectivity index (χ4n) is 2.36. The summed E-state index contributed by atoms with van der Waals surface area (Å²) in [7, 11) is 0. The van der Waals surface area contributed by atoms with E-state index in [0.717, 1.165) is 18.4 Å². The highest BCUT2D eigenvalue weighted by Gasteiger charge is 2.21. The van der Waals surface area contributed by atoms with Crippen LogP contribution in [0.3, 0.4) is 0 Å². The first-order valence-corrected chi connectivity index (χ1v) is 6.31. The summed E-state index contributed by atoms with van der Waals surface area (Å²) >= 11 is 0. The molecule has 2 aromatic carbocycles. The zero-order valence-corrected chi connectivity index (χ0v) is 10.4. The van der Waals surface area contributed by atoms with E-state index in [1.807, 2.05) is 12.1 Å². The predicted molar refractivity (Wildman–Crippen MR) is 70.1 cm³/mol. The van der Waals surface area contributed by atoms with E-state index in [4.69, 9.17) is 4.74 Å². The van der Waals surface area contributed by atoms with Gasteiger partial charge in [-0.3, -0.25) is 4.79 Å². The molecule has 0 saturated heterocycles. The number of hydrogen-bond acceptors (Lipinski definition) is 2. The van der Waals surface area contributed by atoms with Crippen LogP contribution in [0.4, 0.5) is 4.39 Å². The van der Waals surface area contributed by atoms with Gasteiger partial charge in [0.15, 0.2) is 5.78 Å². The molecule has 1 heterocycles. The van der Waals surface area contributed by atoms with Crippen LogP contribution in [0, 0.1) is 5.82 Å². The third kappa shape index (κ3) is 2.12. The van der Waals surface area contributed by atoms with Crippen LogP contribution >= 0.6 is 0 Å². The average Bonchev–Trinajstić information content (AvgIpc) is 2.46. The minimum atomic E-state index is -0.499. The molecule has 0 amide bonds. The van der Waals surface area contributed by atoms with E-state index in [2.05, 4.69) is 0 Å². The van der Waals surface area contributed by atoms with Crippen LogP contribution in [0.2, 0.25) is 0 Å². The Kier molecular flexibility index (Phi) is 3.03. The van der Waals surface area contributed by atoms with Crippen LogP contribution in [-0.2, 0) is 6.42 Å². The van der Waals surface area contributed by atoms with E-state index in [9.17, 15) is 9.18 Å². The molecule has 2 nitrogen and oxygen atoms in total. The lowest BCUT2D eigenvalue weighted by Crippen LogP contribution is -2.14. The first kappa shape index (κ1) is 11.9. The van der Waals surface area contributed by atoms with Gasteiger partial charge in [-0.2, -0.15) is 0 Å². The largest absolute Gasteiger partial charge is 0.493 e. The van der Waals surface area contributed by atoms with Gasteiger partial charge in [0.2, 0.25) is 0 Å². The Hall–Kier alpha value is -2.16. The first-order valence-electron chi connectivity index (χ1n) is 6.31. The van der Waals surface area contributed by atoms with Crippen LogP contribution in [0.5, 0.6) is 5.75 Å². The SMILES string of the molecule is O=C(c1ccccc1F)c1cccc2c1OCCC2. The molecule has 0 atom stereocenters. The Morgan fingerprint density at radius 2 is 1.84 bits per heavy atom. The van der Waals surface area contributed by atoms with Gasteiger partial charge in [-0.1, -0.05) is 24.3 Å². The van der Waals surface area contributed by atoms with Crippen molar-refractivity contribution in [1.29, 1.82) is 0 Å². The molecule has 0 spiro atoms. The molecular weight excluding hydrogens is 243 g/mol. The highest BCUT2D eigenvalue weighted by Crippen LogP contribution is 2.30. The number of hydrogen-bond donors (Lipinski definition) is 0. The number of benzene rings is 2. The van der Waals surface area contributed by atoms with Gasteiger partial charge in [-0.15, -0.1) is 0 Å². The summed E-state index contributed by atoms with van der Waals surface area (Å²) in [6.07, 6.45) is 1.85. The van der Waals surface area contributed by atoms with Crippen molar-refractivity contribution in [2.24, 2.45) is 0 Å². The van der Waals surface area contributed by atoms with E-state index in [1.165, 1.54) is 12.1 Å². The van der Waals surface area contributed by atoms with Crippen LogP contribution in [0.15, 0.2) is 42.5 Å². The van der Waals surface area contributed by atoms with Crippen molar-refractivity contribution in [1.82, 2.24) is 0 Å². The fraction of sp³-hybridized carbons (Fsp3) is 0.188. The van der Waals surface area contributed by atoms with Crippen molar-refractivity contribution in [3.05, 3.63) is 65.0 Å². The summed E-state index contributed by atoms with van der Waals surface area (Å²) in [4.78, 5) is 12.4. The van der Waals surface area contributed by atoms with E-state index < -0.39 is 5.82 Å². The molecule has 3 rings (SSSR count). The second kappa shape index (κ2) is 4.84. The summed E-state index contributed by atoms with van der Waals surface area (Å²) in [6.45, 7) is 0.606. The zero-order valence-electron chi connectivity index (χ0n) is 10.4. The molecule has 0 N–H and O–H groups in total. The minimum Gasteiger partial charge on any atom is -0.493 e. The lowest BCUT2D eigenvalue weighted by molar-refractivity contribution is 0.103. The number of carbonyl (C=O) groups is 1. The number of fused-ring (bicyclic) bond motifs is 1. The summed E-state index contributed by atoms with van der Waals surface area (Å²) in [6, 6.07) is 11.5. The van der Waals surface area contributed by atoms with E-state index in [0.29, 0.717) is 17.9 Å². The van der Waals surface area contributed by atoms with E-state index in [1.54, 1.807) is 18.2 Å². The maximum absolute atomic E-state index is 13.7. The molecule has 1 aliphatic rings. The lowest BCUT2D eigenvalue weighted by Gasteiger charge is -2.19. The van der Waals surface area contributed by atoms with Crippen molar-refractivity contribution < 1.29 is 13.9 Å². The molecule has 19 heavy (non-hydrogen) atoms. The molecular formula is C16H13FO2. The third-order valence-electron chi connectivity index (χ3n) is 3.30. The number of halogens is 1. The number of para-hydroxylation sites is 1. The van der Waals surface area contributed by atoms with E-state index >= 15 is 0 Å². The number of ether oxygens (including phenoxy) is 1. The van der Waals surface area contributed by atoms with Crippen molar-refractivity contribution in [2.75, 3.05) is 6.61 Å². The Bertz CT molecular complexity index is 634. The van der Waals surface area contributed by atoms with Crippen molar-refractivity contribution >= 4 is 5.78 Å². The normalized spacial score (nSPS) is 13.5. The van der Waals surface area contributed by atoms with Crippen LogP contribution in [-0.4, -0.2) is 12.4 Å². The Balaban J connectivity index is 2.08. The van der Waals surface area contributed by atoms with Gasteiger partial charge in [0.1, 0.15) is 11.6 Å². The highest BCUT2D eigenvalue weighted by atomic mass is 19.1. The molecule has 0 fully saturated rings. The van der Waals surface area contributed by atoms with Crippen molar-refractivity contribution in [3.8, 4) is 5.75 Å². The van der Waals surface area contributed by atoms with Gasteiger partial charge in [0.05, 0.1) is 17.7 Å². The molecule has 0 aliphatic carbocycles. The topological polar surface area (TPSA) is 26.3 Å². The number of aryl methyl sites for hydroxylation is 1. The molecule has 0 bridgehead atoms. The monoisotopic (exact) mass is 256 g/mol. The maximum Gasteiger partial charge on any atom is 0.199 e. The van der Waals surface area contributed by atoms with Crippen LogP contribution < -0.4 is 4.74 Å². The first-order chi connectivity index (χ1) is 9.27. The Labute approximate surface area is 110 Å². The predicted octanol–water partition coefficient (Wildman–Crippen LogP) is 3.38. The molecule has 2 aromatic rings.